The fourth-order valence-corrected chi connectivity index (χ4v) is 0.843. The molecule has 5 nitrogen and oxygen atoms in total. The number of nitrogens with zero attached hydrogens (tertiary/aromatic N) is 1. The van der Waals surface area contributed by atoms with E-state index in [-0.39, 0.29) is 24.9 Å². The molecule has 0 bridgehead atoms. The van der Waals surface area contributed by atoms with Crippen LogP contribution in [0.1, 0.15) is 6.92 Å². The van der Waals surface area contributed by atoms with E-state index in [2.05, 4.69) is 10.6 Å². The molecule has 0 saturated heterocycles. The predicted octanol–water partition coefficient (Wildman–Crippen LogP) is -1.20. The summed E-state index contributed by atoms with van der Waals surface area (Å²) in [6, 6.07) is 0. The molecule has 0 spiro atoms. The molecule has 0 aliphatic rings. The number of carbonyl (C=O) groups is 2. The molecule has 0 heterocycles. The average molecular weight is 187 g/mol. The van der Waals surface area contributed by atoms with E-state index in [1.807, 2.05) is 6.92 Å². The highest BCUT2D eigenvalue weighted by atomic mass is 16.2. The molecular formula is C8H17N3O2. The van der Waals surface area contributed by atoms with Crippen molar-refractivity contribution in [2.45, 2.75) is 6.92 Å². The zero-order valence-electron chi connectivity index (χ0n) is 8.39. The second kappa shape index (κ2) is 6.42. The number of carbonyl (C=O) groups excluding carboxylic acids is 2. The maximum Gasteiger partial charge on any atom is 0.239 e. The molecule has 0 aromatic rings. The molecule has 0 aliphatic carbocycles. The van der Waals surface area contributed by atoms with Gasteiger partial charge in [0.05, 0.1) is 13.1 Å². The molecule has 2 amide bonds. The van der Waals surface area contributed by atoms with Gasteiger partial charge in [-0.1, -0.05) is 0 Å². The molecule has 76 valence electrons. The number of amides is 2. The third-order valence-corrected chi connectivity index (χ3v) is 1.51. The van der Waals surface area contributed by atoms with Gasteiger partial charge in [0.1, 0.15) is 0 Å². The Hall–Kier alpha value is -1.10. The van der Waals surface area contributed by atoms with Crippen LogP contribution in [0.2, 0.25) is 0 Å². The van der Waals surface area contributed by atoms with E-state index < -0.39 is 0 Å². The molecule has 0 saturated carbocycles. The smallest absolute Gasteiger partial charge is 0.239 e. The maximum atomic E-state index is 11.2. The number of hydrogen-bond donors (Lipinski definition) is 2. The summed E-state index contributed by atoms with van der Waals surface area (Å²) in [6.45, 7) is 2.81. The summed E-state index contributed by atoms with van der Waals surface area (Å²) in [5.74, 6) is -0.219. The summed E-state index contributed by atoms with van der Waals surface area (Å²) in [5, 5.41) is 5.35. The van der Waals surface area contributed by atoms with Gasteiger partial charge in [-0.15, -0.1) is 0 Å². The van der Waals surface area contributed by atoms with Crippen molar-refractivity contribution in [3.8, 4) is 0 Å². The summed E-state index contributed by atoms with van der Waals surface area (Å²) in [5.41, 5.74) is 0. The Morgan fingerprint density at radius 2 is 2.00 bits per heavy atom. The highest BCUT2D eigenvalue weighted by Gasteiger charge is 2.10. The zero-order valence-corrected chi connectivity index (χ0v) is 8.39. The van der Waals surface area contributed by atoms with Crippen LogP contribution in [0.25, 0.3) is 0 Å². The van der Waals surface area contributed by atoms with E-state index in [4.69, 9.17) is 0 Å². The molecule has 0 unspecified atom stereocenters. The molecule has 0 aromatic heterocycles. The molecule has 0 aromatic carbocycles. The van der Waals surface area contributed by atoms with Crippen LogP contribution in [0.5, 0.6) is 0 Å². The largest absolute Gasteiger partial charge is 0.355 e. The Labute approximate surface area is 78.5 Å². The minimum absolute atomic E-state index is 0.0891. The Morgan fingerprint density at radius 3 is 2.46 bits per heavy atom. The lowest BCUT2D eigenvalue weighted by Gasteiger charge is -2.15. The molecule has 13 heavy (non-hydrogen) atoms. The van der Waals surface area contributed by atoms with Crippen LogP contribution in [-0.4, -0.2) is 50.4 Å². The summed E-state index contributed by atoms with van der Waals surface area (Å²) < 4.78 is 0. The lowest BCUT2D eigenvalue weighted by Crippen LogP contribution is -2.41. The first-order chi connectivity index (χ1) is 6.11. The molecule has 0 fully saturated rings. The van der Waals surface area contributed by atoms with Gasteiger partial charge in [0.2, 0.25) is 11.8 Å². The Kier molecular flexibility index (Phi) is 5.88. The Morgan fingerprint density at radius 1 is 1.38 bits per heavy atom. The molecule has 2 N–H and O–H groups in total. The van der Waals surface area contributed by atoms with Gasteiger partial charge in [0.25, 0.3) is 0 Å². The van der Waals surface area contributed by atoms with Gasteiger partial charge < -0.3 is 15.5 Å². The minimum Gasteiger partial charge on any atom is -0.355 e. The van der Waals surface area contributed by atoms with Gasteiger partial charge in [-0.25, -0.2) is 0 Å². The first kappa shape index (κ1) is 11.9. The molecule has 5 heteroatoms. The zero-order chi connectivity index (χ0) is 10.3. The topological polar surface area (TPSA) is 61.4 Å². The summed E-state index contributed by atoms with van der Waals surface area (Å²) in [7, 11) is 3.30. The Balaban J connectivity index is 3.78. The van der Waals surface area contributed by atoms with Gasteiger partial charge >= 0.3 is 0 Å². The number of likely N-dealkylation sites (N-methyl/N-ethyl adjacent to an activating group) is 3. The van der Waals surface area contributed by atoms with E-state index in [0.717, 1.165) is 0 Å². The van der Waals surface area contributed by atoms with Crippen LogP contribution in [0, 0.1) is 0 Å². The highest BCUT2D eigenvalue weighted by molar-refractivity contribution is 5.85. The average Bonchev–Trinajstić information content (AvgIpc) is 2.05. The van der Waals surface area contributed by atoms with Crippen molar-refractivity contribution in [2.24, 2.45) is 0 Å². The van der Waals surface area contributed by atoms with Crippen molar-refractivity contribution in [2.75, 3.05) is 33.7 Å². The van der Waals surface area contributed by atoms with Crippen LogP contribution < -0.4 is 10.6 Å². The normalized spacial score (nSPS) is 9.46. The fraction of sp³-hybridized carbons (Fsp3) is 0.750. The molecule has 0 atom stereocenters. The first-order valence-electron chi connectivity index (χ1n) is 4.27. The van der Waals surface area contributed by atoms with Gasteiger partial charge in [-0.2, -0.15) is 0 Å². The molecule has 0 rings (SSSR count). The lowest BCUT2D eigenvalue weighted by atomic mass is 10.4. The lowest BCUT2D eigenvalue weighted by molar-refractivity contribution is -0.133. The number of nitrogens with one attached hydrogen (secondary N) is 2. The number of rotatable bonds is 5. The van der Waals surface area contributed by atoms with E-state index in [1.165, 1.54) is 4.90 Å². The van der Waals surface area contributed by atoms with E-state index in [9.17, 15) is 9.59 Å². The monoisotopic (exact) mass is 187 g/mol. The van der Waals surface area contributed by atoms with E-state index in [0.29, 0.717) is 6.54 Å². The van der Waals surface area contributed by atoms with Crippen molar-refractivity contribution in [1.29, 1.82) is 0 Å². The fourth-order valence-electron chi connectivity index (χ4n) is 0.843. The SMILES string of the molecule is CCNC(=O)CN(C)C(=O)CNC. The van der Waals surface area contributed by atoms with Crippen LogP contribution in [0.4, 0.5) is 0 Å². The van der Waals surface area contributed by atoms with Gasteiger partial charge in [0.15, 0.2) is 0 Å². The van der Waals surface area contributed by atoms with E-state index in [1.54, 1.807) is 14.1 Å². The first-order valence-corrected chi connectivity index (χ1v) is 4.27. The Bertz CT molecular complexity index is 182. The molecule has 0 aliphatic heterocycles. The second-order valence-corrected chi connectivity index (χ2v) is 2.73. The third kappa shape index (κ3) is 5.19. The molecular weight excluding hydrogens is 170 g/mol. The quantitative estimate of drug-likeness (QED) is 0.568. The van der Waals surface area contributed by atoms with Gasteiger partial charge in [0, 0.05) is 13.6 Å². The van der Waals surface area contributed by atoms with Crippen LogP contribution in [-0.2, 0) is 9.59 Å². The predicted molar refractivity (Wildman–Crippen MR) is 50.2 cm³/mol. The minimum atomic E-state index is -0.130. The summed E-state index contributed by atoms with van der Waals surface area (Å²) in [6.07, 6.45) is 0. The third-order valence-electron chi connectivity index (χ3n) is 1.51. The van der Waals surface area contributed by atoms with Crippen LogP contribution in [0.3, 0.4) is 0 Å². The van der Waals surface area contributed by atoms with Crippen molar-refractivity contribution >= 4 is 11.8 Å². The van der Waals surface area contributed by atoms with Crippen molar-refractivity contribution in [3.63, 3.8) is 0 Å². The number of hydrogen-bond acceptors (Lipinski definition) is 3. The molecule has 0 radical (unpaired) electrons. The van der Waals surface area contributed by atoms with Gasteiger partial charge in [-0.3, -0.25) is 9.59 Å². The highest BCUT2D eigenvalue weighted by Crippen LogP contribution is 1.82. The van der Waals surface area contributed by atoms with Crippen molar-refractivity contribution in [1.82, 2.24) is 15.5 Å². The van der Waals surface area contributed by atoms with Gasteiger partial charge in [-0.05, 0) is 14.0 Å². The summed E-state index contributed by atoms with van der Waals surface area (Å²) >= 11 is 0. The second-order valence-electron chi connectivity index (χ2n) is 2.73. The van der Waals surface area contributed by atoms with Crippen LogP contribution in [0.15, 0.2) is 0 Å². The van der Waals surface area contributed by atoms with Crippen LogP contribution >= 0.6 is 0 Å². The maximum absolute atomic E-state index is 11.2. The standard InChI is InChI=1S/C8H17N3O2/c1-4-10-7(12)6-11(3)8(13)5-9-2/h9H,4-6H2,1-3H3,(H,10,12). The summed E-state index contributed by atoms with van der Waals surface area (Å²) in [4.78, 5) is 23.6. The van der Waals surface area contributed by atoms with Crippen molar-refractivity contribution < 1.29 is 9.59 Å². The van der Waals surface area contributed by atoms with E-state index >= 15 is 0 Å². The van der Waals surface area contributed by atoms with Crippen molar-refractivity contribution in [3.05, 3.63) is 0 Å².